The van der Waals surface area contributed by atoms with E-state index in [4.69, 9.17) is 4.74 Å². The van der Waals surface area contributed by atoms with E-state index in [-0.39, 0.29) is 17.6 Å². The molecule has 6 aliphatic rings. The number of carbonyl (C=O) groups excluding carboxylic acids is 1. The Balaban J connectivity index is 1.49. The van der Waals surface area contributed by atoms with Crippen LogP contribution in [0, 0.1) is 17.3 Å². The van der Waals surface area contributed by atoms with Crippen molar-refractivity contribution in [3.63, 3.8) is 0 Å². The molecule has 122 valence electrons. The minimum atomic E-state index is -0.123. The van der Waals surface area contributed by atoms with E-state index < -0.39 is 0 Å². The smallest absolute Gasteiger partial charge is 0.162 e. The second-order valence-corrected chi connectivity index (χ2v) is 8.69. The fourth-order valence-corrected chi connectivity index (χ4v) is 6.61. The highest BCUT2D eigenvalue weighted by molar-refractivity contribution is 5.87. The van der Waals surface area contributed by atoms with E-state index in [1.165, 1.54) is 37.9 Å². The van der Waals surface area contributed by atoms with Crippen molar-refractivity contribution in [1.82, 2.24) is 4.90 Å². The Kier molecular flexibility index (Phi) is 2.54. The van der Waals surface area contributed by atoms with Crippen LogP contribution in [-0.4, -0.2) is 42.0 Å². The van der Waals surface area contributed by atoms with Gasteiger partial charge in [-0.05, 0) is 68.1 Å². The van der Waals surface area contributed by atoms with Gasteiger partial charge in [-0.25, -0.2) is 0 Å². The zero-order valence-corrected chi connectivity index (χ0v) is 13.7. The normalized spacial score (nSPS) is 47.9. The predicted octanol–water partition coefficient (Wildman–Crippen LogP) is 2.86. The van der Waals surface area contributed by atoms with Gasteiger partial charge in [0.2, 0.25) is 0 Å². The van der Waals surface area contributed by atoms with Crippen molar-refractivity contribution in [3.05, 3.63) is 23.3 Å². The van der Waals surface area contributed by atoms with Gasteiger partial charge in [-0.2, -0.15) is 0 Å². The molecule has 4 fully saturated rings. The first-order valence-electron chi connectivity index (χ1n) is 9.59. The molecule has 2 saturated carbocycles. The van der Waals surface area contributed by atoms with Gasteiger partial charge in [0.15, 0.2) is 5.78 Å². The zero-order chi connectivity index (χ0) is 15.2. The fraction of sp³-hybridized carbons (Fsp3) is 0.750. The number of hydrogen-bond donors (Lipinski definition) is 0. The molecule has 0 amide bonds. The predicted molar refractivity (Wildman–Crippen MR) is 86.9 cm³/mol. The lowest BCUT2D eigenvalue weighted by Crippen LogP contribution is -2.63. The minimum absolute atomic E-state index is 0.0725. The number of nitrogens with zero attached hydrogens (tertiary/aromatic N) is 1. The van der Waals surface area contributed by atoms with Crippen LogP contribution in [0.3, 0.4) is 0 Å². The molecule has 3 heteroatoms. The summed E-state index contributed by atoms with van der Waals surface area (Å²) in [6.07, 6.45) is 12.8. The second-order valence-electron chi connectivity index (χ2n) is 8.69. The van der Waals surface area contributed by atoms with E-state index in [0.29, 0.717) is 17.7 Å². The molecule has 6 rings (SSSR count). The molecule has 3 nitrogen and oxygen atoms in total. The molecule has 23 heavy (non-hydrogen) atoms. The number of ketones is 1. The van der Waals surface area contributed by atoms with E-state index >= 15 is 0 Å². The summed E-state index contributed by atoms with van der Waals surface area (Å²) < 4.78 is 6.39. The Morgan fingerprint density at radius 1 is 1.30 bits per heavy atom. The van der Waals surface area contributed by atoms with Crippen molar-refractivity contribution in [2.75, 3.05) is 13.1 Å². The third-order valence-corrected chi connectivity index (χ3v) is 7.63. The molecule has 2 aliphatic heterocycles. The van der Waals surface area contributed by atoms with Gasteiger partial charge in [0.1, 0.15) is 6.10 Å². The topological polar surface area (TPSA) is 29.5 Å². The minimum Gasteiger partial charge on any atom is -0.362 e. The molecule has 2 saturated heterocycles. The Labute approximate surface area is 137 Å². The maximum atomic E-state index is 12.7. The van der Waals surface area contributed by atoms with Crippen LogP contribution >= 0.6 is 0 Å². The summed E-state index contributed by atoms with van der Waals surface area (Å²) in [4.78, 5) is 15.5. The Morgan fingerprint density at radius 3 is 3.09 bits per heavy atom. The van der Waals surface area contributed by atoms with Gasteiger partial charge in [-0.3, -0.25) is 9.69 Å². The first kappa shape index (κ1) is 13.4. The second kappa shape index (κ2) is 4.37. The highest BCUT2D eigenvalue weighted by Crippen LogP contribution is 2.64. The molecule has 4 aliphatic carbocycles. The van der Waals surface area contributed by atoms with Crippen molar-refractivity contribution in [3.8, 4) is 0 Å². The first-order valence-corrected chi connectivity index (χ1v) is 9.59. The molecule has 0 aromatic heterocycles. The quantitative estimate of drug-likeness (QED) is 0.785. The third-order valence-electron chi connectivity index (χ3n) is 7.63. The van der Waals surface area contributed by atoms with Crippen molar-refractivity contribution >= 4 is 5.78 Å². The summed E-state index contributed by atoms with van der Waals surface area (Å²) in [6, 6.07) is 0.656. The summed E-state index contributed by atoms with van der Waals surface area (Å²) in [7, 11) is 0. The third kappa shape index (κ3) is 1.61. The maximum Gasteiger partial charge on any atom is 0.162 e. The van der Waals surface area contributed by atoms with Crippen molar-refractivity contribution in [2.45, 2.75) is 63.2 Å². The highest BCUT2D eigenvalue weighted by atomic mass is 16.5. The van der Waals surface area contributed by atoms with Crippen LogP contribution in [0.5, 0.6) is 0 Å². The average molecular weight is 311 g/mol. The van der Waals surface area contributed by atoms with E-state index in [2.05, 4.69) is 17.1 Å². The van der Waals surface area contributed by atoms with Gasteiger partial charge in [0.25, 0.3) is 0 Å². The lowest BCUT2D eigenvalue weighted by Gasteiger charge is -2.58. The molecule has 0 radical (unpaired) electrons. The number of allylic oxidation sites excluding steroid dienone is 1. The molecular formula is C20H25NO2. The largest absolute Gasteiger partial charge is 0.362 e. The van der Waals surface area contributed by atoms with Crippen LogP contribution < -0.4 is 0 Å². The Bertz CT molecular complexity index is 646. The van der Waals surface area contributed by atoms with Crippen LogP contribution in [0.4, 0.5) is 0 Å². The molecule has 2 heterocycles. The number of Topliss-reactive ketones (excluding diaryl/α,β-unsaturated/α-hetero) is 1. The molecule has 2 unspecified atom stereocenters. The van der Waals surface area contributed by atoms with E-state index in [9.17, 15) is 4.79 Å². The number of ether oxygens (including phenoxy) is 1. The van der Waals surface area contributed by atoms with Crippen molar-refractivity contribution < 1.29 is 9.53 Å². The average Bonchev–Trinajstić information content (AvgIpc) is 3.30. The van der Waals surface area contributed by atoms with Crippen LogP contribution in [0.2, 0.25) is 0 Å². The lowest BCUT2D eigenvalue weighted by atomic mass is 9.50. The SMILES string of the molecule is O=C1CC[C@H]2[C@H]3CC4=C5C(CC=C4)OC1[C@]52CCN3CC1CC1. The number of rotatable bonds is 2. The first-order chi connectivity index (χ1) is 11.3. The van der Waals surface area contributed by atoms with Crippen LogP contribution in [0.1, 0.15) is 44.9 Å². The lowest BCUT2D eigenvalue weighted by molar-refractivity contribution is -0.149. The molecule has 2 bridgehead atoms. The number of hydrogen-bond acceptors (Lipinski definition) is 3. The van der Waals surface area contributed by atoms with Gasteiger partial charge in [-0.15, -0.1) is 0 Å². The van der Waals surface area contributed by atoms with Gasteiger partial charge >= 0.3 is 0 Å². The highest BCUT2D eigenvalue weighted by Gasteiger charge is 2.66. The standard InChI is InChI=1S/C20H25NO2/c22-16-7-6-14-15-10-13-2-1-3-17-18(13)20(14,19(16)23-17)8-9-21(15)11-12-4-5-12/h1-2,12,14-15,17,19H,3-11H2/t14-,15+,17?,19?,20-/m0/s1. The summed E-state index contributed by atoms with van der Waals surface area (Å²) >= 11 is 0. The van der Waals surface area contributed by atoms with Crippen LogP contribution in [-0.2, 0) is 9.53 Å². The van der Waals surface area contributed by atoms with Gasteiger partial charge < -0.3 is 4.74 Å². The number of piperidine rings is 1. The summed E-state index contributed by atoms with van der Waals surface area (Å²) in [5.41, 5.74) is 3.16. The van der Waals surface area contributed by atoms with Crippen molar-refractivity contribution in [1.29, 1.82) is 0 Å². The van der Waals surface area contributed by atoms with Gasteiger partial charge in [0.05, 0.1) is 6.10 Å². The Hall–Kier alpha value is -0.930. The summed E-state index contributed by atoms with van der Waals surface area (Å²) in [6.45, 7) is 2.48. The van der Waals surface area contributed by atoms with Gasteiger partial charge in [-0.1, -0.05) is 12.2 Å². The number of carbonyl (C=O) groups is 1. The van der Waals surface area contributed by atoms with Crippen LogP contribution in [0.25, 0.3) is 0 Å². The molecule has 0 aromatic carbocycles. The zero-order valence-electron chi connectivity index (χ0n) is 13.7. The van der Waals surface area contributed by atoms with Gasteiger partial charge in [0, 0.05) is 24.4 Å². The molecule has 0 N–H and O–H groups in total. The Morgan fingerprint density at radius 2 is 2.22 bits per heavy atom. The summed E-state index contributed by atoms with van der Waals surface area (Å²) in [5, 5.41) is 0. The van der Waals surface area contributed by atoms with E-state index in [1.807, 2.05) is 0 Å². The maximum absolute atomic E-state index is 12.7. The molecule has 0 aromatic rings. The fourth-order valence-electron chi connectivity index (χ4n) is 6.61. The van der Waals surface area contributed by atoms with Crippen molar-refractivity contribution in [2.24, 2.45) is 17.3 Å². The molecular weight excluding hydrogens is 286 g/mol. The molecule has 1 spiro atoms. The van der Waals surface area contributed by atoms with E-state index in [1.54, 1.807) is 5.57 Å². The summed E-state index contributed by atoms with van der Waals surface area (Å²) in [5.74, 6) is 2.00. The molecule has 5 atom stereocenters. The number of likely N-dealkylation sites (tertiary alicyclic amines) is 1. The van der Waals surface area contributed by atoms with E-state index in [0.717, 1.165) is 31.6 Å². The van der Waals surface area contributed by atoms with Crippen LogP contribution in [0.15, 0.2) is 23.3 Å². The monoisotopic (exact) mass is 311 g/mol.